The highest BCUT2D eigenvalue weighted by Gasteiger charge is 2.11. The van der Waals surface area contributed by atoms with Crippen molar-refractivity contribution < 1.29 is 18.8 Å². The molecule has 0 saturated carbocycles. The van der Waals surface area contributed by atoms with Crippen LogP contribution in [0.1, 0.15) is 27.4 Å². The Kier molecular flexibility index (Phi) is 7.43. The van der Waals surface area contributed by atoms with Gasteiger partial charge in [-0.1, -0.05) is 11.2 Å². The molecule has 25 heavy (non-hydrogen) atoms. The predicted molar refractivity (Wildman–Crippen MR) is 93.8 cm³/mol. The van der Waals surface area contributed by atoms with E-state index in [4.69, 9.17) is 14.0 Å². The van der Waals surface area contributed by atoms with E-state index in [1.165, 1.54) is 0 Å². The van der Waals surface area contributed by atoms with Crippen LogP contribution in [0.15, 0.2) is 28.8 Å². The molecule has 0 fully saturated rings. The van der Waals surface area contributed by atoms with Crippen LogP contribution >= 0.6 is 0 Å². The first-order valence-electron chi connectivity index (χ1n) is 8.24. The Morgan fingerprint density at radius 2 is 2.08 bits per heavy atom. The quantitative estimate of drug-likeness (QED) is 0.638. The summed E-state index contributed by atoms with van der Waals surface area (Å²) in [7, 11) is 1.66. The minimum absolute atomic E-state index is 0.128. The van der Waals surface area contributed by atoms with Crippen LogP contribution in [0.5, 0.6) is 5.75 Å². The molecule has 136 valence electrons. The highest BCUT2D eigenvalue weighted by molar-refractivity contribution is 5.94. The van der Waals surface area contributed by atoms with E-state index in [0.29, 0.717) is 37.6 Å². The third kappa shape index (κ3) is 5.88. The maximum atomic E-state index is 12.2. The number of benzene rings is 1. The molecular weight excluding hydrogens is 322 g/mol. The van der Waals surface area contributed by atoms with Crippen LogP contribution in [0.3, 0.4) is 0 Å². The summed E-state index contributed by atoms with van der Waals surface area (Å²) in [4.78, 5) is 12.2. The number of rotatable bonds is 10. The fourth-order valence-corrected chi connectivity index (χ4v) is 2.26. The summed E-state index contributed by atoms with van der Waals surface area (Å²) in [6.07, 6.45) is 0. The van der Waals surface area contributed by atoms with Crippen molar-refractivity contribution in [1.29, 1.82) is 0 Å². The molecule has 0 bridgehead atoms. The Balaban J connectivity index is 1.82. The van der Waals surface area contributed by atoms with Crippen molar-refractivity contribution in [2.45, 2.75) is 20.5 Å². The van der Waals surface area contributed by atoms with E-state index in [1.807, 2.05) is 19.9 Å². The molecule has 7 nitrogen and oxygen atoms in total. The second kappa shape index (κ2) is 9.80. The van der Waals surface area contributed by atoms with E-state index in [-0.39, 0.29) is 5.91 Å². The average Bonchev–Trinajstić information content (AvgIpc) is 2.94. The molecule has 0 radical (unpaired) electrons. The largest absolute Gasteiger partial charge is 0.489 e. The van der Waals surface area contributed by atoms with Gasteiger partial charge in [-0.15, -0.1) is 0 Å². The number of aromatic nitrogens is 1. The number of hydrogen-bond acceptors (Lipinski definition) is 6. The number of carbonyl (C=O) groups excluding carboxylic acids is 1. The van der Waals surface area contributed by atoms with Crippen LogP contribution in [0.25, 0.3) is 0 Å². The Morgan fingerprint density at radius 1 is 1.24 bits per heavy atom. The van der Waals surface area contributed by atoms with Gasteiger partial charge in [-0.2, -0.15) is 0 Å². The van der Waals surface area contributed by atoms with Gasteiger partial charge in [-0.25, -0.2) is 0 Å². The molecule has 2 aromatic rings. The third-order valence-corrected chi connectivity index (χ3v) is 3.73. The molecule has 0 aliphatic carbocycles. The molecule has 1 heterocycles. The zero-order chi connectivity index (χ0) is 18.1. The van der Waals surface area contributed by atoms with Gasteiger partial charge in [0.1, 0.15) is 18.1 Å². The molecule has 1 aromatic heterocycles. The molecule has 2 rings (SSSR count). The highest BCUT2D eigenvalue weighted by Crippen LogP contribution is 2.18. The van der Waals surface area contributed by atoms with Gasteiger partial charge < -0.3 is 24.6 Å². The number of nitrogens with zero attached hydrogens (tertiary/aromatic N) is 1. The molecule has 0 unspecified atom stereocenters. The summed E-state index contributed by atoms with van der Waals surface area (Å²) < 4.78 is 15.8. The predicted octanol–water partition coefficient (Wildman–Crippen LogP) is 1.84. The zero-order valence-corrected chi connectivity index (χ0v) is 14.9. The Hall–Kier alpha value is -2.38. The SMILES string of the molecule is COCCNCCNC(=O)c1cccc(OCc2c(C)noc2C)c1. The lowest BCUT2D eigenvalue weighted by molar-refractivity contribution is 0.0953. The van der Waals surface area contributed by atoms with E-state index in [2.05, 4.69) is 15.8 Å². The molecule has 2 N–H and O–H groups in total. The van der Waals surface area contributed by atoms with Crippen LogP contribution in [0.2, 0.25) is 0 Å². The standard InChI is InChI=1S/C18H25N3O4/c1-13-17(14(2)25-21-13)12-24-16-6-4-5-15(11-16)18(22)20-8-7-19-9-10-23-3/h4-6,11,19H,7-10,12H2,1-3H3,(H,20,22). The lowest BCUT2D eigenvalue weighted by atomic mass is 10.2. The number of aryl methyl sites for hydroxylation is 2. The normalized spacial score (nSPS) is 10.7. The fourth-order valence-electron chi connectivity index (χ4n) is 2.26. The summed E-state index contributed by atoms with van der Waals surface area (Å²) in [6.45, 7) is 6.73. The number of carbonyl (C=O) groups is 1. The second-order valence-electron chi connectivity index (χ2n) is 5.62. The topological polar surface area (TPSA) is 85.6 Å². The number of ether oxygens (including phenoxy) is 2. The van der Waals surface area contributed by atoms with Crippen LogP contribution in [-0.2, 0) is 11.3 Å². The number of methoxy groups -OCH3 is 1. The van der Waals surface area contributed by atoms with Crippen molar-refractivity contribution in [2.24, 2.45) is 0 Å². The Labute approximate surface area is 147 Å². The molecule has 0 saturated heterocycles. The number of nitrogens with one attached hydrogen (secondary N) is 2. The molecule has 1 aromatic carbocycles. The maximum Gasteiger partial charge on any atom is 0.251 e. The van der Waals surface area contributed by atoms with Crippen LogP contribution < -0.4 is 15.4 Å². The van der Waals surface area contributed by atoms with Crippen LogP contribution in [-0.4, -0.2) is 44.4 Å². The second-order valence-corrected chi connectivity index (χ2v) is 5.62. The van der Waals surface area contributed by atoms with Gasteiger partial charge in [0.05, 0.1) is 17.9 Å². The summed E-state index contributed by atoms with van der Waals surface area (Å²) in [5, 5.41) is 9.94. The molecule has 0 aliphatic rings. The molecular formula is C18H25N3O4. The van der Waals surface area contributed by atoms with Crippen molar-refractivity contribution >= 4 is 5.91 Å². The molecule has 0 aliphatic heterocycles. The van der Waals surface area contributed by atoms with E-state index in [9.17, 15) is 4.79 Å². The van der Waals surface area contributed by atoms with Gasteiger partial charge >= 0.3 is 0 Å². The maximum absolute atomic E-state index is 12.2. The number of amides is 1. The molecule has 1 amide bonds. The monoisotopic (exact) mass is 347 g/mol. The van der Waals surface area contributed by atoms with Gasteiger partial charge in [-0.3, -0.25) is 4.79 Å². The molecule has 7 heteroatoms. The first kappa shape index (κ1) is 19.0. The first-order chi connectivity index (χ1) is 12.1. The number of hydrogen-bond donors (Lipinski definition) is 2. The summed E-state index contributed by atoms with van der Waals surface area (Å²) >= 11 is 0. The lowest BCUT2D eigenvalue weighted by Crippen LogP contribution is -2.33. The van der Waals surface area contributed by atoms with E-state index in [0.717, 1.165) is 23.6 Å². The lowest BCUT2D eigenvalue weighted by Gasteiger charge is -2.09. The van der Waals surface area contributed by atoms with Crippen molar-refractivity contribution in [3.63, 3.8) is 0 Å². The van der Waals surface area contributed by atoms with E-state index in [1.54, 1.807) is 25.3 Å². The Morgan fingerprint density at radius 3 is 2.80 bits per heavy atom. The zero-order valence-electron chi connectivity index (χ0n) is 14.9. The van der Waals surface area contributed by atoms with Crippen molar-refractivity contribution in [3.8, 4) is 5.75 Å². The van der Waals surface area contributed by atoms with Gasteiger partial charge in [0.2, 0.25) is 0 Å². The smallest absolute Gasteiger partial charge is 0.251 e. The van der Waals surface area contributed by atoms with E-state index < -0.39 is 0 Å². The summed E-state index contributed by atoms with van der Waals surface area (Å²) in [5.41, 5.74) is 2.30. The minimum atomic E-state index is -0.128. The highest BCUT2D eigenvalue weighted by atomic mass is 16.5. The van der Waals surface area contributed by atoms with Gasteiger partial charge in [0.15, 0.2) is 0 Å². The van der Waals surface area contributed by atoms with Crippen LogP contribution in [0.4, 0.5) is 0 Å². The van der Waals surface area contributed by atoms with Gasteiger partial charge in [0.25, 0.3) is 5.91 Å². The minimum Gasteiger partial charge on any atom is -0.489 e. The summed E-state index contributed by atoms with van der Waals surface area (Å²) in [6, 6.07) is 7.11. The van der Waals surface area contributed by atoms with Crippen molar-refractivity contribution in [1.82, 2.24) is 15.8 Å². The van der Waals surface area contributed by atoms with Crippen molar-refractivity contribution in [3.05, 3.63) is 46.8 Å². The molecule has 0 atom stereocenters. The fraction of sp³-hybridized carbons (Fsp3) is 0.444. The van der Waals surface area contributed by atoms with Gasteiger partial charge in [0, 0.05) is 32.3 Å². The van der Waals surface area contributed by atoms with Crippen molar-refractivity contribution in [2.75, 3.05) is 33.4 Å². The molecule has 0 spiro atoms. The van der Waals surface area contributed by atoms with Gasteiger partial charge in [-0.05, 0) is 32.0 Å². The average molecular weight is 347 g/mol. The third-order valence-electron chi connectivity index (χ3n) is 3.73. The van der Waals surface area contributed by atoms with E-state index >= 15 is 0 Å². The summed E-state index contributed by atoms with van der Waals surface area (Å²) in [5.74, 6) is 1.24. The van der Waals surface area contributed by atoms with Crippen LogP contribution in [0, 0.1) is 13.8 Å². The Bertz CT molecular complexity index is 665. The first-order valence-corrected chi connectivity index (χ1v) is 8.24.